The van der Waals surface area contributed by atoms with Crippen LogP contribution in [0.3, 0.4) is 0 Å². The molecule has 1 heterocycles. The minimum absolute atomic E-state index is 0.0600. The number of anilines is 1. The lowest BCUT2D eigenvalue weighted by Crippen LogP contribution is -2.24. The van der Waals surface area contributed by atoms with Crippen molar-refractivity contribution in [2.45, 2.75) is 26.7 Å². The molecule has 1 amide bonds. The van der Waals surface area contributed by atoms with Gasteiger partial charge in [0.25, 0.3) is 5.91 Å². The van der Waals surface area contributed by atoms with Crippen LogP contribution in [0.15, 0.2) is 47.6 Å². The standard InChI is InChI=1S/C21H25N3O2/c1-16-5-6-17(2)20(13-16)26-15-21(25)23-22-14-18-7-9-19(10-8-18)24-11-3-4-12-24/h5-10,13-14H,3-4,11-12,15H2,1-2H3,(H,23,25)/b22-14+. The monoisotopic (exact) mass is 351 g/mol. The van der Waals surface area contributed by atoms with Crippen LogP contribution in [0.1, 0.15) is 29.5 Å². The van der Waals surface area contributed by atoms with Gasteiger partial charge in [0.15, 0.2) is 6.61 Å². The minimum Gasteiger partial charge on any atom is -0.483 e. The molecule has 3 rings (SSSR count). The Morgan fingerprint density at radius 2 is 1.88 bits per heavy atom. The molecule has 1 fully saturated rings. The highest BCUT2D eigenvalue weighted by atomic mass is 16.5. The summed E-state index contributed by atoms with van der Waals surface area (Å²) in [7, 11) is 0. The predicted octanol–water partition coefficient (Wildman–Crippen LogP) is 3.43. The van der Waals surface area contributed by atoms with Crippen molar-refractivity contribution in [1.29, 1.82) is 0 Å². The van der Waals surface area contributed by atoms with Gasteiger partial charge in [-0.2, -0.15) is 5.10 Å². The summed E-state index contributed by atoms with van der Waals surface area (Å²) >= 11 is 0. The Morgan fingerprint density at radius 1 is 1.15 bits per heavy atom. The van der Waals surface area contributed by atoms with Gasteiger partial charge in [0.2, 0.25) is 0 Å². The Morgan fingerprint density at radius 3 is 2.62 bits per heavy atom. The maximum absolute atomic E-state index is 11.9. The first kappa shape index (κ1) is 18.0. The summed E-state index contributed by atoms with van der Waals surface area (Å²) in [6.07, 6.45) is 4.17. The topological polar surface area (TPSA) is 53.9 Å². The van der Waals surface area contributed by atoms with Crippen molar-refractivity contribution >= 4 is 17.8 Å². The molecule has 1 saturated heterocycles. The first-order chi connectivity index (χ1) is 12.6. The Bertz CT molecular complexity index is 778. The second kappa shape index (κ2) is 8.52. The van der Waals surface area contributed by atoms with Gasteiger partial charge in [0.1, 0.15) is 5.75 Å². The minimum atomic E-state index is -0.282. The normalized spacial score (nSPS) is 14.0. The molecule has 0 aromatic heterocycles. The zero-order chi connectivity index (χ0) is 18.4. The second-order valence-corrected chi connectivity index (χ2v) is 6.64. The number of hydrogen-bond acceptors (Lipinski definition) is 4. The molecule has 0 atom stereocenters. The maximum Gasteiger partial charge on any atom is 0.277 e. The van der Waals surface area contributed by atoms with E-state index in [0.29, 0.717) is 0 Å². The van der Waals surface area contributed by atoms with Crippen LogP contribution in [0.4, 0.5) is 5.69 Å². The van der Waals surface area contributed by atoms with Gasteiger partial charge in [-0.3, -0.25) is 4.79 Å². The van der Waals surface area contributed by atoms with E-state index in [2.05, 4.69) is 27.6 Å². The zero-order valence-electron chi connectivity index (χ0n) is 15.4. The van der Waals surface area contributed by atoms with Crippen LogP contribution in [0.2, 0.25) is 0 Å². The van der Waals surface area contributed by atoms with Gasteiger partial charge in [-0.1, -0.05) is 24.3 Å². The van der Waals surface area contributed by atoms with Crippen LogP contribution in [0.25, 0.3) is 0 Å². The lowest BCUT2D eigenvalue weighted by Gasteiger charge is -2.17. The lowest BCUT2D eigenvalue weighted by atomic mass is 10.1. The van der Waals surface area contributed by atoms with Crippen LogP contribution in [0, 0.1) is 13.8 Å². The number of rotatable bonds is 6. The third kappa shape index (κ3) is 4.85. The predicted molar refractivity (Wildman–Crippen MR) is 105 cm³/mol. The molecule has 1 N–H and O–H groups in total. The van der Waals surface area contributed by atoms with Gasteiger partial charge in [-0.05, 0) is 61.6 Å². The number of ether oxygens (including phenoxy) is 1. The molecule has 0 spiro atoms. The quantitative estimate of drug-likeness (QED) is 0.641. The summed E-state index contributed by atoms with van der Waals surface area (Å²) in [6.45, 7) is 6.14. The number of nitrogens with one attached hydrogen (secondary N) is 1. The van der Waals surface area contributed by atoms with Crippen LogP contribution < -0.4 is 15.1 Å². The second-order valence-electron chi connectivity index (χ2n) is 6.64. The van der Waals surface area contributed by atoms with Gasteiger partial charge < -0.3 is 9.64 Å². The maximum atomic E-state index is 11.9. The van der Waals surface area contributed by atoms with Gasteiger partial charge in [-0.15, -0.1) is 0 Å². The number of aryl methyl sites for hydroxylation is 2. The molecule has 1 aliphatic heterocycles. The molecule has 0 radical (unpaired) electrons. The van der Waals surface area contributed by atoms with Gasteiger partial charge in [0.05, 0.1) is 6.21 Å². The average molecular weight is 351 g/mol. The number of hydrogen-bond donors (Lipinski definition) is 1. The Balaban J connectivity index is 1.47. The van der Waals surface area contributed by atoms with Crippen LogP contribution in [0.5, 0.6) is 5.75 Å². The molecule has 26 heavy (non-hydrogen) atoms. The van der Waals surface area contributed by atoms with Crippen molar-refractivity contribution < 1.29 is 9.53 Å². The van der Waals surface area contributed by atoms with E-state index >= 15 is 0 Å². The largest absolute Gasteiger partial charge is 0.483 e. The van der Waals surface area contributed by atoms with E-state index in [9.17, 15) is 4.79 Å². The molecule has 0 saturated carbocycles. The van der Waals surface area contributed by atoms with E-state index < -0.39 is 0 Å². The molecular weight excluding hydrogens is 326 g/mol. The fourth-order valence-corrected chi connectivity index (χ4v) is 2.96. The first-order valence-electron chi connectivity index (χ1n) is 8.99. The third-order valence-electron chi connectivity index (χ3n) is 4.47. The highest BCUT2D eigenvalue weighted by Gasteiger charge is 2.11. The van der Waals surface area contributed by atoms with E-state index in [1.807, 2.05) is 44.2 Å². The average Bonchev–Trinajstić information content (AvgIpc) is 3.18. The van der Waals surface area contributed by atoms with E-state index in [0.717, 1.165) is 35.5 Å². The number of benzene rings is 2. The SMILES string of the molecule is Cc1ccc(C)c(OCC(=O)N/N=C/c2ccc(N3CCCC3)cc2)c1. The van der Waals surface area contributed by atoms with Crippen molar-refractivity contribution in [1.82, 2.24) is 5.43 Å². The molecule has 5 nitrogen and oxygen atoms in total. The van der Waals surface area contributed by atoms with Crippen LogP contribution in [-0.4, -0.2) is 31.8 Å². The first-order valence-corrected chi connectivity index (χ1v) is 8.99. The molecule has 5 heteroatoms. The van der Waals surface area contributed by atoms with Gasteiger partial charge in [-0.25, -0.2) is 5.43 Å². The molecule has 0 aliphatic carbocycles. The Labute approximate surface area is 154 Å². The van der Waals surface area contributed by atoms with Gasteiger partial charge >= 0.3 is 0 Å². The number of carbonyl (C=O) groups is 1. The molecule has 0 bridgehead atoms. The molecule has 0 unspecified atom stereocenters. The molecule has 2 aromatic rings. The van der Waals surface area contributed by atoms with Crippen molar-refractivity contribution in [2.24, 2.45) is 5.10 Å². The highest BCUT2D eigenvalue weighted by Crippen LogP contribution is 2.20. The van der Waals surface area contributed by atoms with Crippen molar-refractivity contribution in [3.8, 4) is 5.75 Å². The van der Waals surface area contributed by atoms with Crippen molar-refractivity contribution in [3.05, 3.63) is 59.2 Å². The van der Waals surface area contributed by atoms with Gasteiger partial charge in [0, 0.05) is 18.8 Å². The van der Waals surface area contributed by atoms with Crippen molar-refractivity contribution in [3.63, 3.8) is 0 Å². The fourth-order valence-electron chi connectivity index (χ4n) is 2.96. The molecule has 1 aliphatic rings. The summed E-state index contributed by atoms with van der Waals surface area (Å²) in [6, 6.07) is 14.1. The zero-order valence-corrected chi connectivity index (χ0v) is 15.4. The van der Waals surface area contributed by atoms with E-state index in [1.165, 1.54) is 18.5 Å². The van der Waals surface area contributed by atoms with Crippen LogP contribution in [-0.2, 0) is 4.79 Å². The van der Waals surface area contributed by atoms with E-state index in [4.69, 9.17) is 4.74 Å². The molecule has 136 valence electrons. The fraction of sp³-hybridized carbons (Fsp3) is 0.333. The summed E-state index contributed by atoms with van der Waals surface area (Å²) in [4.78, 5) is 14.3. The summed E-state index contributed by atoms with van der Waals surface area (Å²) in [5.74, 6) is 0.442. The Kier molecular flexibility index (Phi) is 5.89. The van der Waals surface area contributed by atoms with Crippen molar-refractivity contribution in [2.75, 3.05) is 24.6 Å². The van der Waals surface area contributed by atoms with Crippen LogP contribution >= 0.6 is 0 Å². The lowest BCUT2D eigenvalue weighted by molar-refractivity contribution is -0.123. The third-order valence-corrected chi connectivity index (χ3v) is 4.47. The molecular formula is C21H25N3O2. The number of carbonyl (C=O) groups excluding carboxylic acids is 1. The number of nitrogens with zero attached hydrogens (tertiary/aromatic N) is 2. The van der Waals surface area contributed by atoms with E-state index in [-0.39, 0.29) is 12.5 Å². The number of hydrazone groups is 1. The number of amides is 1. The summed E-state index contributed by atoms with van der Waals surface area (Å²) < 4.78 is 5.56. The highest BCUT2D eigenvalue weighted by molar-refractivity contribution is 5.83. The Hall–Kier alpha value is -2.82. The smallest absolute Gasteiger partial charge is 0.277 e. The molecule has 2 aromatic carbocycles. The summed E-state index contributed by atoms with van der Waals surface area (Å²) in [5.41, 5.74) is 6.79. The summed E-state index contributed by atoms with van der Waals surface area (Å²) in [5, 5.41) is 4.00. The van der Waals surface area contributed by atoms with E-state index in [1.54, 1.807) is 6.21 Å².